The van der Waals surface area contributed by atoms with Gasteiger partial charge in [-0.05, 0) is 26.7 Å². The molecule has 6 heteroatoms. The van der Waals surface area contributed by atoms with E-state index in [2.05, 4.69) is 5.32 Å². The normalized spacial score (nSPS) is 15.6. The summed E-state index contributed by atoms with van der Waals surface area (Å²) in [7, 11) is 1.61. The first kappa shape index (κ1) is 16.7. The average molecular weight is 260 g/mol. The number of hydrogen-bond acceptors (Lipinski definition) is 3. The van der Waals surface area contributed by atoms with Crippen LogP contribution >= 0.6 is 0 Å². The van der Waals surface area contributed by atoms with Gasteiger partial charge in [0.15, 0.2) is 0 Å². The molecule has 0 radical (unpaired) electrons. The lowest BCUT2D eigenvalue weighted by molar-refractivity contribution is -0.147. The highest BCUT2D eigenvalue weighted by Gasteiger charge is 2.31. The molecule has 0 saturated heterocycles. The van der Waals surface area contributed by atoms with E-state index in [0.29, 0.717) is 19.4 Å². The van der Waals surface area contributed by atoms with Gasteiger partial charge >= 0.3 is 12.0 Å². The van der Waals surface area contributed by atoms with E-state index in [1.807, 2.05) is 0 Å². The predicted molar refractivity (Wildman–Crippen MR) is 68.4 cm³/mol. The maximum absolute atomic E-state index is 11.7. The fourth-order valence-corrected chi connectivity index (χ4v) is 1.24. The molecule has 2 atom stereocenters. The Bertz CT molecular complexity index is 294. The second-order valence-corrected chi connectivity index (χ2v) is 4.94. The fourth-order valence-electron chi connectivity index (χ4n) is 1.24. The van der Waals surface area contributed by atoms with Crippen molar-refractivity contribution in [3.05, 3.63) is 0 Å². The van der Waals surface area contributed by atoms with Gasteiger partial charge in [-0.25, -0.2) is 4.79 Å². The van der Waals surface area contributed by atoms with E-state index in [0.717, 1.165) is 0 Å². The van der Waals surface area contributed by atoms with Crippen LogP contribution in [-0.2, 0) is 4.79 Å². The molecule has 0 aromatic carbocycles. The molecular weight excluding hydrogens is 236 g/mol. The number of hydrogen-bond donors (Lipinski definition) is 3. The van der Waals surface area contributed by atoms with Crippen molar-refractivity contribution in [2.75, 3.05) is 20.1 Å². The molecule has 2 unspecified atom stereocenters. The van der Waals surface area contributed by atoms with Crippen LogP contribution in [0.1, 0.15) is 33.6 Å². The van der Waals surface area contributed by atoms with Crippen molar-refractivity contribution in [3.63, 3.8) is 0 Å². The molecule has 0 aliphatic carbocycles. The molecule has 6 nitrogen and oxygen atoms in total. The molecule has 0 bridgehead atoms. The van der Waals surface area contributed by atoms with Crippen molar-refractivity contribution in [3.8, 4) is 0 Å². The lowest BCUT2D eigenvalue weighted by Gasteiger charge is -2.25. The number of carbonyl (C=O) groups excluding carboxylic acids is 1. The molecule has 0 rings (SSSR count). The van der Waals surface area contributed by atoms with Gasteiger partial charge in [0.2, 0.25) is 0 Å². The number of carbonyl (C=O) groups is 2. The van der Waals surface area contributed by atoms with Crippen LogP contribution in [0.5, 0.6) is 0 Å². The Hall–Kier alpha value is -1.30. The Morgan fingerprint density at radius 3 is 2.39 bits per heavy atom. The van der Waals surface area contributed by atoms with E-state index in [1.165, 1.54) is 4.90 Å². The quantitative estimate of drug-likeness (QED) is 0.634. The minimum absolute atomic E-state index is 0.0939. The Morgan fingerprint density at radius 1 is 1.44 bits per heavy atom. The number of carboxylic acids is 1. The SMILES string of the molecule is CCC(C)(CNC(=O)N(C)CCC(C)O)C(=O)O. The molecule has 106 valence electrons. The second-order valence-electron chi connectivity index (χ2n) is 4.94. The zero-order chi connectivity index (χ0) is 14.3. The van der Waals surface area contributed by atoms with Crippen LogP contribution in [0.25, 0.3) is 0 Å². The summed E-state index contributed by atoms with van der Waals surface area (Å²) in [5.74, 6) is -0.920. The van der Waals surface area contributed by atoms with E-state index in [1.54, 1.807) is 27.8 Å². The van der Waals surface area contributed by atoms with E-state index in [-0.39, 0.29) is 12.6 Å². The number of aliphatic hydroxyl groups excluding tert-OH is 1. The Morgan fingerprint density at radius 2 is 2.00 bits per heavy atom. The van der Waals surface area contributed by atoms with Crippen molar-refractivity contribution >= 4 is 12.0 Å². The first-order chi connectivity index (χ1) is 8.23. The van der Waals surface area contributed by atoms with Gasteiger partial charge in [-0.2, -0.15) is 0 Å². The molecule has 3 N–H and O–H groups in total. The monoisotopic (exact) mass is 260 g/mol. The summed E-state index contributed by atoms with van der Waals surface area (Å²) in [6.45, 7) is 5.56. The van der Waals surface area contributed by atoms with Crippen LogP contribution in [0.3, 0.4) is 0 Å². The highest BCUT2D eigenvalue weighted by atomic mass is 16.4. The Balaban J connectivity index is 4.20. The predicted octanol–water partition coefficient (Wildman–Crippen LogP) is 0.900. The molecule has 0 heterocycles. The maximum atomic E-state index is 11.7. The van der Waals surface area contributed by atoms with E-state index >= 15 is 0 Å². The van der Waals surface area contributed by atoms with Gasteiger partial charge in [0.1, 0.15) is 0 Å². The largest absolute Gasteiger partial charge is 0.481 e. The zero-order valence-corrected chi connectivity index (χ0v) is 11.6. The zero-order valence-electron chi connectivity index (χ0n) is 11.6. The number of rotatable bonds is 7. The number of amides is 2. The minimum atomic E-state index is -0.944. The summed E-state index contributed by atoms with van der Waals surface area (Å²) >= 11 is 0. The molecule has 0 aliphatic rings. The number of aliphatic carboxylic acids is 1. The van der Waals surface area contributed by atoms with E-state index < -0.39 is 17.5 Å². The van der Waals surface area contributed by atoms with Gasteiger partial charge in [-0.3, -0.25) is 4.79 Å². The van der Waals surface area contributed by atoms with Crippen molar-refractivity contribution in [2.24, 2.45) is 5.41 Å². The summed E-state index contributed by atoms with van der Waals surface area (Å²) in [5, 5.41) is 20.8. The van der Waals surface area contributed by atoms with Crippen LogP contribution in [0.2, 0.25) is 0 Å². The van der Waals surface area contributed by atoms with Crippen LogP contribution in [0.15, 0.2) is 0 Å². The third kappa shape index (κ3) is 5.35. The molecule has 18 heavy (non-hydrogen) atoms. The number of aliphatic hydroxyl groups is 1. The van der Waals surface area contributed by atoms with Crippen molar-refractivity contribution < 1.29 is 19.8 Å². The molecule has 0 aliphatic heterocycles. The molecule has 2 amide bonds. The van der Waals surface area contributed by atoms with E-state index in [4.69, 9.17) is 10.2 Å². The summed E-state index contributed by atoms with van der Waals surface area (Å²) in [6.07, 6.45) is 0.480. The maximum Gasteiger partial charge on any atom is 0.317 e. The summed E-state index contributed by atoms with van der Waals surface area (Å²) in [6, 6.07) is -0.323. The first-order valence-electron chi connectivity index (χ1n) is 6.13. The number of carboxylic acid groups (broad SMARTS) is 1. The number of nitrogens with one attached hydrogen (secondary N) is 1. The van der Waals surface area contributed by atoms with Crippen molar-refractivity contribution in [1.29, 1.82) is 0 Å². The van der Waals surface area contributed by atoms with Gasteiger partial charge in [-0.1, -0.05) is 6.92 Å². The summed E-state index contributed by atoms with van der Waals surface area (Å²) in [5.41, 5.74) is -0.944. The molecule has 0 fully saturated rings. The average Bonchev–Trinajstić information content (AvgIpc) is 2.31. The van der Waals surface area contributed by atoms with E-state index in [9.17, 15) is 9.59 Å². The first-order valence-corrected chi connectivity index (χ1v) is 6.13. The van der Waals surface area contributed by atoms with Crippen LogP contribution in [0, 0.1) is 5.41 Å². The molecule has 0 aromatic rings. The van der Waals surface area contributed by atoms with Gasteiger partial charge in [0.25, 0.3) is 0 Å². The van der Waals surface area contributed by atoms with Crippen LogP contribution < -0.4 is 5.32 Å². The second kappa shape index (κ2) is 7.20. The third-order valence-electron chi connectivity index (χ3n) is 3.16. The Labute approximate surface area is 108 Å². The lowest BCUT2D eigenvalue weighted by atomic mass is 9.88. The van der Waals surface area contributed by atoms with Gasteiger partial charge in [0, 0.05) is 20.1 Å². The van der Waals surface area contributed by atoms with Gasteiger partial charge in [-0.15, -0.1) is 0 Å². The van der Waals surface area contributed by atoms with Crippen molar-refractivity contribution in [1.82, 2.24) is 10.2 Å². The van der Waals surface area contributed by atoms with Crippen molar-refractivity contribution in [2.45, 2.75) is 39.7 Å². The molecule has 0 aromatic heterocycles. The topological polar surface area (TPSA) is 89.9 Å². The smallest absolute Gasteiger partial charge is 0.317 e. The summed E-state index contributed by atoms with van der Waals surface area (Å²) in [4.78, 5) is 24.2. The molecule has 0 saturated carbocycles. The highest BCUT2D eigenvalue weighted by molar-refractivity contribution is 5.77. The standard InChI is InChI=1S/C12H24N2O4/c1-5-12(3,10(16)17)8-13-11(18)14(4)7-6-9(2)15/h9,15H,5-8H2,1-4H3,(H,13,18)(H,16,17). The Kier molecular flexibility index (Phi) is 6.68. The highest BCUT2D eigenvalue weighted by Crippen LogP contribution is 2.19. The molecule has 0 spiro atoms. The summed E-state index contributed by atoms with van der Waals surface area (Å²) < 4.78 is 0. The van der Waals surface area contributed by atoms with Gasteiger partial charge in [0.05, 0.1) is 11.5 Å². The molecular formula is C12H24N2O4. The number of urea groups is 1. The fraction of sp³-hybridized carbons (Fsp3) is 0.833. The number of nitrogens with zero attached hydrogens (tertiary/aromatic N) is 1. The van der Waals surface area contributed by atoms with Crippen LogP contribution in [-0.4, -0.2) is 53.4 Å². The minimum Gasteiger partial charge on any atom is -0.481 e. The van der Waals surface area contributed by atoms with Crippen LogP contribution in [0.4, 0.5) is 4.79 Å². The lowest BCUT2D eigenvalue weighted by Crippen LogP contribution is -2.45. The van der Waals surface area contributed by atoms with Gasteiger partial charge < -0.3 is 20.4 Å². The third-order valence-corrected chi connectivity index (χ3v) is 3.16.